The van der Waals surface area contributed by atoms with E-state index in [1.807, 2.05) is 0 Å². The van der Waals surface area contributed by atoms with Crippen LogP contribution < -0.4 is 0 Å². The van der Waals surface area contributed by atoms with E-state index in [0.717, 1.165) is 5.71 Å². The number of benzene rings is 1. The predicted octanol–water partition coefficient (Wildman–Crippen LogP) is 3.93. The van der Waals surface area contributed by atoms with Gasteiger partial charge >= 0.3 is 0 Å². The first kappa shape index (κ1) is 12.2. The SMILES string of the molecule is CO/N=C(/c1ccc(C)cc1)C1CCCCC1. The van der Waals surface area contributed by atoms with Gasteiger partial charge in [0.25, 0.3) is 0 Å². The fourth-order valence-corrected chi connectivity index (χ4v) is 2.56. The van der Waals surface area contributed by atoms with Gasteiger partial charge in [0.1, 0.15) is 7.11 Å². The van der Waals surface area contributed by atoms with E-state index in [9.17, 15) is 0 Å². The Labute approximate surface area is 104 Å². The Morgan fingerprint density at radius 2 is 1.76 bits per heavy atom. The molecule has 0 unspecified atom stereocenters. The topological polar surface area (TPSA) is 21.6 Å². The van der Waals surface area contributed by atoms with Crippen LogP contribution in [0.3, 0.4) is 0 Å². The Hall–Kier alpha value is -1.31. The van der Waals surface area contributed by atoms with E-state index in [0.29, 0.717) is 5.92 Å². The van der Waals surface area contributed by atoms with E-state index in [4.69, 9.17) is 4.84 Å². The molecule has 1 aliphatic carbocycles. The van der Waals surface area contributed by atoms with Crippen molar-refractivity contribution in [2.24, 2.45) is 11.1 Å². The second-order valence-corrected chi connectivity index (χ2v) is 4.86. The Morgan fingerprint density at radius 1 is 1.12 bits per heavy atom. The molecule has 2 rings (SSSR count). The van der Waals surface area contributed by atoms with Gasteiger partial charge in [-0.15, -0.1) is 0 Å². The molecule has 0 aliphatic heterocycles. The minimum atomic E-state index is 0.575. The molecule has 17 heavy (non-hydrogen) atoms. The van der Waals surface area contributed by atoms with Crippen molar-refractivity contribution in [3.05, 3.63) is 35.4 Å². The third-order valence-corrected chi connectivity index (χ3v) is 3.53. The molecule has 2 heteroatoms. The van der Waals surface area contributed by atoms with Gasteiger partial charge in [-0.25, -0.2) is 0 Å². The van der Waals surface area contributed by atoms with Gasteiger partial charge in [-0.1, -0.05) is 54.2 Å². The number of hydrogen-bond acceptors (Lipinski definition) is 2. The molecule has 0 radical (unpaired) electrons. The number of rotatable bonds is 3. The van der Waals surface area contributed by atoms with Crippen molar-refractivity contribution >= 4 is 5.71 Å². The summed E-state index contributed by atoms with van der Waals surface area (Å²) >= 11 is 0. The summed E-state index contributed by atoms with van der Waals surface area (Å²) in [6.07, 6.45) is 6.50. The largest absolute Gasteiger partial charge is 0.399 e. The maximum atomic E-state index is 5.03. The van der Waals surface area contributed by atoms with E-state index >= 15 is 0 Å². The molecular formula is C15H21NO. The molecule has 0 aromatic heterocycles. The smallest absolute Gasteiger partial charge is 0.106 e. The molecule has 0 amide bonds. The summed E-state index contributed by atoms with van der Waals surface area (Å²) in [7, 11) is 1.64. The molecule has 0 spiro atoms. The molecule has 0 atom stereocenters. The van der Waals surface area contributed by atoms with Gasteiger partial charge in [0, 0.05) is 5.92 Å². The number of oxime groups is 1. The van der Waals surface area contributed by atoms with Crippen LogP contribution in [0.5, 0.6) is 0 Å². The highest BCUT2D eigenvalue weighted by molar-refractivity contribution is 6.02. The van der Waals surface area contributed by atoms with Crippen molar-refractivity contribution < 1.29 is 4.84 Å². The highest BCUT2D eigenvalue weighted by atomic mass is 16.6. The quantitative estimate of drug-likeness (QED) is 0.570. The van der Waals surface area contributed by atoms with Crippen molar-refractivity contribution in [3.8, 4) is 0 Å². The van der Waals surface area contributed by atoms with Crippen LogP contribution in [-0.2, 0) is 4.84 Å². The van der Waals surface area contributed by atoms with Crippen molar-refractivity contribution in [2.75, 3.05) is 7.11 Å². The van der Waals surface area contributed by atoms with Gasteiger partial charge in [0.2, 0.25) is 0 Å². The average Bonchev–Trinajstić information content (AvgIpc) is 2.38. The Bertz CT molecular complexity index is 374. The number of aryl methyl sites for hydroxylation is 1. The normalized spacial score (nSPS) is 18.1. The number of hydrogen-bond donors (Lipinski definition) is 0. The lowest BCUT2D eigenvalue weighted by atomic mass is 9.83. The average molecular weight is 231 g/mol. The minimum absolute atomic E-state index is 0.575. The van der Waals surface area contributed by atoms with Crippen LogP contribution in [0.4, 0.5) is 0 Å². The molecular weight excluding hydrogens is 210 g/mol. The van der Waals surface area contributed by atoms with Crippen LogP contribution >= 0.6 is 0 Å². The Balaban J connectivity index is 2.22. The third kappa shape index (κ3) is 3.09. The fourth-order valence-electron chi connectivity index (χ4n) is 2.56. The lowest BCUT2D eigenvalue weighted by molar-refractivity contribution is 0.210. The second kappa shape index (κ2) is 5.85. The van der Waals surface area contributed by atoms with E-state index < -0.39 is 0 Å². The number of nitrogens with zero attached hydrogens (tertiary/aromatic N) is 1. The van der Waals surface area contributed by atoms with Gasteiger partial charge in [-0.05, 0) is 25.3 Å². The standard InChI is InChI=1S/C15H21NO/c1-12-8-10-14(11-9-12)15(16-17-2)13-6-4-3-5-7-13/h8-11,13H,3-7H2,1-2H3/b16-15+. The van der Waals surface area contributed by atoms with Crippen LogP contribution in [0.2, 0.25) is 0 Å². The third-order valence-electron chi connectivity index (χ3n) is 3.53. The van der Waals surface area contributed by atoms with Crippen LogP contribution in [0, 0.1) is 12.8 Å². The zero-order valence-corrected chi connectivity index (χ0v) is 10.8. The van der Waals surface area contributed by atoms with Gasteiger partial charge in [-0.3, -0.25) is 0 Å². The summed E-state index contributed by atoms with van der Waals surface area (Å²) in [5.74, 6) is 0.575. The fraction of sp³-hybridized carbons (Fsp3) is 0.533. The summed E-state index contributed by atoms with van der Waals surface area (Å²) < 4.78 is 0. The van der Waals surface area contributed by atoms with Gasteiger partial charge in [-0.2, -0.15) is 0 Å². The Morgan fingerprint density at radius 3 is 2.35 bits per heavy atom. The van der Waals surface area contributed by atoms with Crippen molar-refractivity contribution in [1.29, 1.82) is 0 Å². The maximum Gasteiger partial charge on any atom is 0.106 e. The summed E-state index contributed by atoms with van der Waals surface area (Å²) in [5, 5.41) is 4.26. The van der Waals surface area contributed by atoms with Crippen LogP contribution in [-0.4, -0.2) is 12.8 Å². The Kier molecular flexibility index (Phi) is 4.18. The first-order chi connectivity index (χ1) is 8.31. The highest BCUT2D eigenvalue weighted by Crippen LogP contribution is 2.27. The van der Waals surface area contributed by atoms with E-state index in [2.05, 4.69) is 36.3 Å². The predicted molar refractivity (Wildman–Crippen MR) is 71.3 cm³/mol. The van der Waals surface area contributed by atoms with E-state index in [1.165, 1.54) is 43.2 Å². The summed E-state index contributed by atoms with van der Waals surface area (Å²) in [6, 6.07) is 8.59. The monoisotopic (exact) mass is 231 g/mol. The lowest BCUT2D eigenvalue weighted by Gasteiger charge is -2.23. The van der Waals surface area contributed by atoms with Crippen LogP contribution in [0.25, 0.3) is 0 Å². The van der Waals surface area contributed by atoms with Crippen LogP contribution in [0.15, 0.2) is 29.4 Å². The maximum absolute atomic E-state index is 5.03. The van der Waals surface area contributed by atoms with E-state index in [-0.39, 0.29) is 0 Å². The van der Waals surface area contributed by atoms with Gasteiger partial charge < -0.3 is 4.84 Å². The molecule has 1 aliphatic rings. The second-order valence-electron chi connectivity index (χ2n) is 4.86. The molecule has 92 valence electrons. The summed E-state index contributed by atoms with van der Waals surface area (Å²) in [6.45, 7) is 2.11. The summed E-state index contributed by atoms with van der Waals surface area (Å²) in [5.41, 5.74) is 3.63. The lowest BCUT2D eigenvalue weighted by Crippen LogP contribution is -2.19. The molecule has 0 heterocycles. The highest BCUT2D eigenvalue weighted by Gasteiger charge is 2.21. The molecule has 0 N–H and O–H groups in total. The molecule has 1 fully saturated rings. The van der Waals surface area contributed by atoms with Gasteiger partial charge in [0.05, 0.1) is 5.71 Å². The minimum Gasteiger partial charge on any atom is -0.399 e. The molecule has 1 saturated carbocycles. The molecule has 0 saturated heterocycles. The summed E-state index contributed by atoms with van der Waals surface area (Å²) in [4.78, 5) is 5.03. The van der Waals surface area contributed by atoms with Crippen molar-refractivity contribution in [2.45, 2.75) is 39.0 Å². The van der Waals surface area contributed by atoms with Crippen molar-refractivity contribution in [1.82, 2.24) is 0 Å². The zero-order chi connectivity index (χ0) is 12.1. The molecule has 1 aromatic rings. The van der Waals surface area contributed by atoms with E-state index in [1.54, 1.807) is 7.11 Å². The molecule has 0 bridgehead atoms. The first-order valence-corrected chi connectivity index (χ1v) is 6.49. The zero-order valence-electron chi connectivity index (χ0n) is 10.8. The van der Waals surface area contributed by atoms with Gasteiger partial charge in [0.15, 0.2) is 0 Å². The van der Waals surface area contributed by atoms with Crippen molar-refractivity contribution in [3.63, 3.8) is 0 Å². The first-order valence-electron chi connectivity index (χ1n) is 6.49. The molecule has 2 nitrogen and oxygen atoms in total. The molecule has 1 aromatic carbocycles. The van der Waals surface area contributed by atoms with Crippen LogP contribution in [0.1, 0.15) is 43.2 Å².